The maximum Gasteiger partial charge on any atom is 0.181 e. The predicted octanol–water partition coefficient (Wildman–Crippen LogP) is 3.44. The van der Waals surface area contributed by atoms with Crippen molar-refractivity contribution in [2.75, 3.05) is 18.8 Å². The lowest BCUT2D eigenvalue weighted by Crippen LogP contribution is -2.20. The van der Waals surface area contributed by atoms with Gasteiger partial charge in [-0.05, 0) is 36.7 Å². The summed E-state index contributed by atoms with van der Waals surface area (Å²) in [7, 11) is 0. The molecule has 0 aliphatic carbocycles. The van der Waals surface area contributed by atoms with Crippen molar-refractivity contribution < 1.29 is 4.74 Å². The van der Waals surface area contributed by atoms with Gasteiger partial charge in [-0.3, -0.25) is 4.98 Å². The molecule has 23 heavy (non-hydrogen) atoms. The summed E-state index contributed by atoms with van der Waals surface area (Å²) in [6.07, 6.45) is 4.96. The van der Waals surface area contributed by atoms with Crippen LogP contribution in [0.15, 0.2) is 42.6 Å². The van der Waals surface area contributed by atoms with E-state index in [2.05, 4.69) is 21.4 Å². The highest BCUT2D eigenvalue weighted by Gasteiger charge is 2.09. The maximum atomic E-state index is 5.98. The first kappa shape index (κ1) is 14.2. The van der Waals surface area contributed by atoms with Crippen molar-refractivity contribution in [3.63, 3.8) is 0 Å². The number of benzene rings is 1. The highest BCUT2D eigenvalue weighted by atomic mass is 32.1. The number of nitrogens with one attached hydrogen (secondary N) is 1. The van der Waals surface area contributed by atoms with E-state index in [4.69, 9.17) is 10.5 Å². The molecule has 6 heteroatoms. The fourth-order valence-electron chi connectivity index (χ4n) is 2.63. The molecule has 1 aromatic carbocycles. The molecule has 0 radical (unpaired) electrons. The lowest BCUT2D eigenvalue weighted by Gasteiger charge is -2.14. The number of rotatable bonds is 3. The molecule has 5 nitrogen and oxygen atoms in total. The molecular formula is C17H16N4OS. The smallest absolute Gasteiger partial charge is 0.181 e. The summed E-state index contributed by atoms with van der Waals surface area (Å²) in [5.41, 5.74) is 8.88. The third-order valence-electron chi connectivity index (χ3n) is 3.74. The summed E-state index contributed by atoms with van der Waals surface area (Å²) in [5.74, 6) is 1.56. The highest BCUT2D eigenvalue weighted by molar-refractivity contribution is 7.22. The number of fused-ring (bicyclic) bond motifs is 1. The minimum atomic E-state index is 0.571. The van der Waals surface area contributed by atoms with E-state index in [0.717, 1.165) is 46.9 Å². The van der Waals surface area contributed by atoms with Crippen LogP contribution in [0.25, 0.3) is 15.8 Å². The van der Waals surface area contributed by atoms with Gasteiger partial charge in [0.1, 0.15) is 11.5 Å². The first-order valence-corrected chi connectivity index (χ1v) is 8.30. The van der Waals surface area contributed by atoms with Crippen molar-refractivity contribution in [2.24, 2.45) is 0 Å². The van der Waals surface area contributed by atoms with E-state index in [9.17, 15) is 0 Å². The van der Waals surface area contributed by atoms with Gasteiger partial charge < -0.3 is 15.8 Å². The Morgan fingerprint density at radius 2 is 2.09 bits per heavy atom. The monoisotopic (exact) mass is 324 g/mol. The number of ether oxygens (including phenoxy) is 1. The average molecular weight is 324 g/mol. The van der Waals surface area contributed by atoms with Crippen LogP contribution in [0.1, 0.15) is 12.1 Å². The molecule has 0 saturated heterocycles. The molecule has 0 amide bonds. The molecule has 0 saturated carbocycles. The second-order valence-corrected chi connectivity index (χ2v) is 6.41. The first-order valence-electron chi connectivity index (χ1n) is 7.48. The lowest BCUT2D eigenvalue weighted by atomic mass is 10.1. The number of nitrogens with zero attached hydrogens (tertiary/aromatic N) is 2. The van der Waals surface area contributed by atoms with Crippen LogP contribution in [0.2, 0.25) is 0 Å². The summed E-state index contributed by atoms with van der Waals surface area (Å²) in [4.78, 5) is 8.71. The second kappa shape index (κ2) is 5.98. The zero-order chi connectivity index (χ0) is 15.6. The number of pyridine rings is 1. The van der Waals surface area contributed by atoms with Crippen LogP contribution >= 0.6 is 11.3 Å². The van der Waals surface area contributed by atoms with Crippen molar-refractivity contribution in [1.82, 2.24) is 15.3 Å². The number of anilines is 1. The van der Waals surface area contributed by atoms with Gasteiger partial charge in [-0.1, -0.05) is 17.4 Å². The standard InChI is InChI=1S/C17H16N4OS/c18-17-21-14-2-1-12(10-16(14)23-17)22-13-5-8-20-15(9-13)11-3-6-19-7-4-11/h1-3,5,8-10,19H,4,6-7H2,(H2,18,21). The number of nitrogen functional groups attached to an aromatic ring is 1. The van der Waals surface area contributed by atoms with Gasteiger partial charge in [0.05, 0.1) is 15.9 Å². The summed E-state index contributed by atoms with van der Waals surface area (Å²) in [6.45, 7) is 1.88. The maximum absolute atomic E-state index is 5.98. The number of thiazole rings is 1. The average Bonchev–Trinajstić information content (AvgIpc) is 2.95. The number of hydrogen-bond donors (Lipinski definition) is 2. The largest absolute Gasteiger partial charge is 0.457 e. The van der Waals surface area contributed by atoms with Gasteiger partial charge in [0.2, 0.25) is 0 Å². The van der Waals surface area contributed by atoms with Gasteiger partial charge in [-0.2, -0.15) is 0 Å². The zero-order valence-corrected chi connectivity index (χ0v) is 13.3. The van der Waals surface area contributed by atoms with Crippen molar-refractivity contribution in [3.8, 4) is 11.5 Å². The second-order valence-electron chi connectivity index (χ2n) is 5.34. The van der Waals surface area contributed by atoms with Crippen molar-refractivity contribution >= 4 is 32.3 Å². The Morgan fingerprint density at radius 3 is 2.96 bits per heavy atom. The van der Waals surface area contributed by atoms with Crippen LogP contribution in [0, 0.1) is 0 Å². The molecule has 1 aliphatic rings. The van der Waals surface area contributed by atoms with Crippen LogP contribution in [-0.2, 0) is 0 Å². The zero-order valence-electron chi connectivity index (χ0n) is 12.5. The Morgan fingerprint density at radius 1 is 1.17 bits per heavy atom. The molecule has 3 N–H and O–H groups in total. The molecule has 3 heterocycles. The Labute approximate surface area is 137 Å². The van der Waals surface area contributed by atoms with Crippen molar-refractivity contribution in [1.29, 1.82) is 0 Å². The third-order valence-corrected chi connectivity index (χ3v) is 4.58. The van der Waals surface area contributed by atoms with Gasteiger partial charge >= 0.3 is 0 Å². The Balaban J connectivity index is 1.61. The van der Waals surface area contributed by atoms with Gasteiger partial charge in [-0.15, -0.1) is 0 Å². The van der Waals surface area contributed by atoms with Gasteiger partial charge in [0, 0.05) is 24.9 Å². The summed E-state index contributed by atoms with van der Waals surface area (Å²) < 4.78 is 7.01. The summed E-state index contributed by atoms with van der Waals surface area (Å²) in [6, 6.07) is 9.66. The molecule has 1 aliphatic heterocycles. The third kappa shape index (κ3) is 3.04. The molecule has 0 bridgehead atoms. The molecule has 4 rings (SSSR count). The van der Waals surface area contributed by atoms with E-state index < -0.39 is 0 Å². The van der Waals surface area contributed by atoms with Crippen LogP contribution < -0.4 is 15.8 Å². The Bertz CT molecular complexity index is 887. The lowest BCUT2D eigenvalue weighted by molar-refractivity contribution is 0.482. The normalized spacial score (nSPS) is 14.7. The fraction of sp³-hybridized carbons (Fsp3) is 0.176. The van der Waals surface area contributed by atoms with Gasteiger partial charge in [0.15, 0.2) is 5.13 Å². The van der Waals surface area contributed by atoms with Crippen molar-refractivity contribution in [2.45, 2.75) is 6.42 Å². The van der Waals surface area contributed by atoms with E-state index in [1.807, 2.05) is 30.3 Å². The Kier molecular flexibility index (Phi) is 3.69. The molecule has 0 unspecified atom stereocenters. The van der Waals surface area contributed by atoms with Crippen LogP contribution in [0.4, 0.5) is 5.13 Å². The summed E-state index contributed by atoms with van der Waals surface area (Å²) >= 11 is 1.46. The van der Waals surface area contributed by atoms with Crippen LogP contribution in [0.5, 0.6) is 11.5 Å². The SMILES string of the molecule is Nc1nc2ccc(Oc3ccnc(C4=CCNCC4)c3)cc2s1. The molecule has 116 valence electrons. The van der Waals surface area contributed by atoms with E-state index in [1.54, 1.807) is 6.20 Å². The van der Waals surface area contributed by atoms with E-state index in [-0.39, 0.29) is 0 Å². The minimum Gasteiger partial charge on any atom is -0.457 e. The van der Waals surface area contributed by atoms with Gasteiger partial charge in [0.25, 0.3) is 0 Å². The van der Waals surface area contributed by atoms with Crippen LogP contribution in [0.3, 0.4) is 0 Å². The quantitative estimate of drug-likeness (QED) is 0.772. The van der Waals surface area contributed by atoms with Crippen LogP contribution in [-0.4, -0.2) is 23.1 Å². The fourth-order valence-corrected chi connectivity index (χ4v) is 3.39. The molecule has 3 aromatic rings. The van der Waals surface area contributed by atoms with E-state index in [0.29, 0.717) is 5.13 Å². The molecular weight excluding hydrogens is 308 g/mol. The molecule has 0 atom stereocenters. The first-order chi connectivity index (χ1) is 11.3. The number of aromatic nitrogens is 2. The molecule has 0 spiro atoms. The summed E-state index contributed by atoms with van der Waals surface area (Å²) in [5, 5.41) is 3.88. The van der Waals surface area contributed by atoms with Gasteiger partial charge in [-0.25, -0.2) is 4.98 Å². The predicted molar refractivity (Wildman–Crippen MR) is 93.8 cm³/mol. The minimum absolute atomic E-state index is 0.571. The Hall–Kier alpha value is -2.44. The van der Waals surface area contributed by atoms with E-state index >= 15 is 0 Å². The number of nitrogens with two attached hydrogens (primary N) is 1. The topological polar surface area (TPSA) is 73.1 Å². The highest BCUT2D eigenvalue weighted by Crippen LogP contribution is 2.30. The molecule has 0 fully saturated rings. The van der Waals surface area contributed by atoms with E-state index in [1.165, 1.54) is 16.9 Å². The number of hydrogen-bond acceptors (Lipinski definition) is 6. The molecule has 2 aromatic heterocycles. The van der Waals surface area contributed by atoms with Crippen molar-refractivity contribution in [3.05, 3.63) is 48.3 Å².